The highest BCUT2D eigenvalue weighted by molar-refractivity contribution is 6.32. The Balaban J connectivity index is 0.00000208. The van der Waals surface area contributed by atoms with Gasteiger partial charge in [0.2, 0.25) is 0 Å². The van der Waals surface area contributed by atoms with E-state index in [4.69, 9.17) is 16.0 Å². The van der Waals surface area contributed by atoms with Crippen molar-refractivity contribution in [3.63, 3.8) is 0 Å². The van der Waals surface area contributed by atoms with Gasteiger partial charge in [-0.3, -0.25) is 4.90 Å². The van der Waals surface area contributed by atoms with Gasteiger partial charge in [0.1, 0.15) is 5.76 Å². The maximum absolute atomic E-state index is 13.1. The fourth-order valence-electron chi connectivity index (χ4n) is 2.90. The van der Waals surface area contributed by atoms with Crippen molar-refractivity contribution >= 4 is 24.0 Å². The summed E-state index contributed by atoms with van der Waals surface area (Å²) in [4.78, 5) is 2.08. The molecule has 0 unspecified atom stereocenters. The van der Waals surface area contributed by atoms with Crippen molar-refractivity contribution in [1.29, 1.82) is 0 Å². The minimum Gasteiger partial charge on any atom is -0.467 e. The normalized spacial score (nSPS) is 17.3. The number of alkyl halides is 3. The van der Waals surface area contributed by atoms with E-state index in [1.54, 1.807) is 18.2 Å². The lowest BCUT2D eigenvalue weighted by Crippen LogP contribution is -2.45. The van der Waals surface area contributed by atoms with E-state index >= 15 is 0 Å². The predicted molar refractivity (Wildman–Crippen MR) is 88.7 cm³/mol. The summed E-state index contributed by atoms with van der Waals surface area (Å²) >= 11 is 6.12. The third-order valence-corrected chi connectivity index (χ3v) is 4.38. The van der Waals surface area contributed by atoms with E-state index in [-0.39, 0.29) is 17.4 Å². The van der Waals surface area contributed by atoms with Crippen LogP contribution in [0, 0.1) is 0 Å². The van der Waals surface area contributed by atoms with E-state index in [1.807, 2.05) is 0 Å². The van der Waals surface area contributed by atoms with Gasteiger partial charge in [-0.05, 0) is 23.8 Å². The van der Waals surface area contributed by atoms with Gasteiger partial charge in [-0.15, -0.1) is 12.4 Å². The second kappa shape index (κ2) is 7.78. The van der Waals surface area contributed by atoms with Crippen molar-refractivity contribution in [3.05, 3.63) is 58.5 Å². The van der Waals surface area contributed by atoms with Crippen LogP contribution in [0.1, 0.15) is 22.9 Å². The third kappa shape index (κ3) is 3.88. The smallest absolute Gasteiger partial charge is 0.417 e. The molecule has 1 aliphatic heterocycles. The molecule has 1 N–H and O–H groups in total. The van der Waals surface area contributed by atoms with Crippen LogP contribution in [0.5, 0.6) is 0 Å². The molecule has 1 aromatic heterocycles. The van der Waals surface area contributed by atoms with Crippen molar-refractivity contribution in [2.75, 3.05) is 26.2 Å². The second-order valence-corrected chi connectivity index (χ2v) is 5.79. The fourth-order valence-corrected chi connectivity index (χ4v) is 3.23. The average Bonchev–Trinajstić information content (AvgIpc) is 3.03. The molecule has 1 aliphatic rings. The van der Waals surface area contributed by atoms with Gasteiger partial charge in [0.25, 0.3) is 0 Å². The molecule has 0 aliphatic carbocycles. The van der Waals surface area contributed by atoms with Gasteiger partial charge in [0.15, 0.2) is 0 Å². The molecule has 1 aromatic carbocycles. The molecule has 2 heterocycles. The number of halogens is 5. The van der Waals surface area contributed by atoms with E-state index in [0.717, 1.165) is 19.2 Å². The Kier molecular flexibility index (Phi) is 6.20. The van der Waals surface area contributed by atoms with Crippen molar-refractivity contribution in [2.45, 2.75) is 12.2 Å². The molecule has 0 bridgehead atoms. The lowest BCUT2D eigenvalue weighted by atomic mass is 9.99. The Bertz CT molecular complexity index is 656. The monoisotopic (exact) mass is 380 g/mol. The molecule has 3 rings (SSSR count). The summed E-state index contributed by atoms with van der Waals surface area (Å²) in [5.74, 6) is 0.591. The molecule has 1 saturated heterocycles. The van der Waals surface area contributed by atoms with Gasteiger partial charge >= 0.3 is 6.18 Å². The van der Waals surface area contributed by atoms with Crippen LogP contribution in [0.15, 0.2) is 41.0 Å². The Morgan fingerprint density at radius 1 is 1.12 bits per heavy atom. The first kappa shape index (κ1) is 19.1. The maximum Gasteiger partial charge on any atom is 0.417 e. The molecule has 0 saturated carbocycles. The molecule has 3 nitrogen and oxygen atoms in total. The molecule has 132 valence electrons. The minimum absolute atomic E-state index is 0. The fraction of sp³-hybridized carbons (Fsp3) is 0.375. The van der Waals surface area contributed by atoms with Crippen LogP contribution in [0.2, 0.25) is 5.02 Å². The number of nitrogens with zero attached hydrogens (tertiary/aromatic N) is 1. The predicted octanol–water partition coefficient (Wildman–Crippen LogP) is 4.37. The largest absolute Gasteiger partial charge is 0.467 e. The van der Waals surface area contributed by atoms with Crippen molar-refractivity contribution in [2.24, 2.45) is 0 Å². The standard InChI is InChI=1S/C16H16ClF3N2O.ClH/c17-14-11(3-1-4-12(14)16(18,19)20)15(13-5-2-10-23-13)22-8-6-21-7-9-22;/h1-5,10,15,21H,6-9H2;1H/t15-;/m1./s1. The van der Waals surface area contributed by atoms with Crippen LogP contribution in [0.4, 0.5) is 13.2 Å². The van der Waals surface area contributed by atoms with E-state index in [9.17, 15) is 13.2 Å². The summed E-state index contributed by atoms with van der Waals surface area (Å²) in [7, 11) is 0. The average molecular weight is 381 g/mol. The summed E-state index contributed by atoms with van der Waals surface area (Å²) in [5, 5.41) is 2.97. The molecule has 24 heavy (non-hydrogen) atoms. The number of rotatable bonds is 3. The first-order chi connectivity index (χ1) is 11.0. The molecule has 0 spiro atoms. The maximum atomic E-state index is 13.1. The van der Waals surface area contributed by atoms with Crippen molar-refractivity contribution < 1.29 is 17.6 Å². The Morgan fingerprint density at radius 3 is 2.42 bits per heavy atom. The zero-order chi connectivity index (χ0) is 16.4. The number of nitrogens with one attached hydrogen (secondary N) is 1. The van der Waals surface area contributed by atoms with Crippen LogP contribution < -0.4 is 5.32 Å². The molecule has 8 heteroatoms. The van der Waals surface area contributed by atoms with Gasteiger partial charge in [-0.1, -0.05) is 23.7 Å². The molecular formula is C16H17Cl2F3N2O. The van der Waals surface area contributed by atoms with E-state index in [1.165, 1.54) is 12.3 Å². The lowest BCUT2D eigenvalue weighted by molar-refractivity contribution is -0.137. The topological polar surface area (TPSA) is 28.4 Å². The first-order valence-corrected chi connectivity index (χ1v) is 7.70. The van der Waals surface area contributed by atoms with Gasteiger partial charge in [0.05, 0.1) is 22.9 Å². The van der Waals surface area contributed by atoms with E-state index < -0.39 is 17.8 Å². The summed E-state index contributed by atoms with van der Waals surface area (Å²) in [5.41, 5.74) is -0.401. The summed E-state index contributed by atoms with van der Waals surface area (Å²) in [6.07, 6.45) is -2.96. The number of hydrogen-bond acceptors (Lipinski definition) is 3. The van der Waals surface area contributed by atoms with Crippen LogP contribution in [-0.2, 0) is 6.18 Å². The van der Waals surface area contributed by atoms with Crippen molar-refractivity contribution in [3.8, 4) is 0 Å². The SMILES string of the molecule is Cl.FC(F)(F)c1cccc([C@H](c2ccco2)N2CCNCC2)c1Cl. The van der Waals surface area contributed by atoms with E-state index in [2.05, 4.69) is 10.2 Å². The third-order valence-electron chi connectivity index (χ3n) is 3.96. The van der Waals surface area contributed by atoms with Gasteiger partial charge < -0.3 is 9.73 Å². The minimum atomic E-state index is -4.48. The van der Waals surface area contributed by atoms with E-state index in [0.29, 0.717) is 24.4 Å². The zero-order valence-electron chi connectivity index (χ0n) is 12.6. The first-order valence-electron chi connectivity index (χ1n) is 7.32. The molecular weight excluding hydrogens is 364 g/mol. The number of piperazine rings is 1. The molecule has 1 fully saturated rings. The van der Waals surface area contributed by atoms with Gasteiger partial charge in [-0.25, -0.2) is 0 Å². The zero-order valence-corrected chi connectivity index (χ0v) is 14.2. The van der Waals surface area contributed by atoms with Crippen LogP contribution in [0.3, 0.4) is 0 Å². The van der Waals surface area contributed by atoms with Crippen LogP contribution in [-0.4, -0.2) is 31.1 Å². The highest BCUT2D eigenvalue weighted by Crippen LogP contribution is 2.41. The Hall–Kier alpha value is -1.21. The summed E-state index contributed by atoms with van der Waals surface area (Å²) in [6.45, 7) is 2.96. The number of benzene rings is 1. The van der Waals surface area contributed by atoms with Crippen molar-refractivity contribution in [1.82, 2.24) is 10.2 Å². The molecule has 0 amide bonds. The second-order valence-electron chi connectivity index (χ2n) is 5.41. The highest BCUT2D eigenvalue weighted by Gasteiger charge is 2.36. The quantitative estimate of drug-likeness (QED) is 0.856. The molecule has 2 aromatic rings. The Morgan fingerprint density at radius 2 is 1.83 bits per heavy atom. The Labute approximate surface area is 149 Å². The highest BCUT2D eigenvalue weighted by atomic mass is 35.5. The number of hydrogen-bond donors (Lipinski definition) is 1. The molecule has 0 radical (unpaired) electrons. The molecule has 1 atom stereocenters. The lowest BCUT2D eigenvalue weighted by Gasteiger charge is -2.34. The van der Waals surface area contributed by atoms with Crippen LogP contribution in [0.25, 0.3) is 0 Å². The van der Waals surface area contributed by atoms with Crippen LogP contribution >= 0.6 is 24.0 Å². The van der Waals surface area contributed by atoms with Gasteiger partial charge in [0, 0.05) is 26.2 Å². The number of furan rings is 1. The van der Waals surface area contributed by atoms with Gasteiger partial charge in [-0.2, -0.15) is 13.2 Å². The summed E-state index contributed by atoms with van der Waals surface area (Å²) in [6, 6.07) is 7.09. The summed E-state index contributed by atoms with van der Waals surface area (Å²) < 4.78 is 44.9.